The van der Waals surface area contributed by atoms with Crippen molar-refractivity contribution in [1.29, 1.82) is 0 Å². The van der Waals surface area contributed by atoms with Crippen molar-refractivity contribution >= 4 is 23.2 Å². The SMILES string of the molecule is Cc1cn(-c2ccc(NC(O)c3ccc(Cl)c(C#Cc4cnc(NC5CC5)nc4)c3)cc2C(F)(F)F)cn1. The van der Waals surface area contributed by atoms with Crippen molar-refractivity contribution in [3.8, 4) is 17.5 Å². The Kier molecular flexibility index (Phi) is 6.97. The lowest BCUT2D eigenvalue weighted by Crippen LogP contribution is -2.14. The van der Waals surface area contributed by atoms with Crippen LogP contribution < -0.4 is 10.6 Å². The Labute approximate surface area is 221 Å². The van der Waals surface area contributed by atoms with Gasteiger partial charge in [-0.3, -0.25) is 0 Å². The van der Waals surface area contributed by atoms with Crippen LogP contribution in [0.4, 0.5) is 24.8 Å². The minimum Gasteiger partial charge on any atom is -0.369 e. The summed E-state index contributed by atoms with van der Waals surface area (Å²) in [6, 6.07) is 8.88. The maximum absolute atomic E-state index is 13.8. The first-order chi connectivity index (χ1) is 18.2. The van der Waals surface area contributed by atoms with Crippen LogP contribution in [0.25, 0.3) is 5.69 Å². The molecule has 1 saturated carbocycles. The van der Waals surface area contributed by atoms with Crippen LogP contribution in [0.3, 0.4) is 0 Å². The van der Waals surface area contributed by atoms with Gasteiger partial charge in [-0.2, -0.15) is 13.2 Å². The highest BCUT2D eigenvalue weighted by atomic mass is 35.5. The van der Waals surface area contributed by atoms with Crippen molar-refractivity contribution in [3.63, 3.8) is 0 Å². The summed E-state index contributed by atoms with van der Waals surface area (Å²) in [5, 5.41) is 17.0. The normalized spacial score (nSPS) is 13.9. The molecule has 1 aliphatic carbocycles. The summed E-state index contributed by atoms with van der Waals surface area (Å²) < 4.78 is 42.8. The second kappa shape index (κ2) is 10.4. The lowest BCUT2D eigenvalue weighted by Gasteiger charge is -2.19. The van der Waals surface area contributed by atoms with Gasteiger partial charge in [0.05, 0.1) is 33.9 Å². The third kappa shape index (κ3) is 6.07. The van der Waals surface area contributed by atoms with Gasteiger partial charge in [-0.25, -0.2) is 15.0 Å². The number of nitrogens with zero attached hydrogens (tertiary/aromatic N) is 4. The average Bonchev–Trinajstić information content (AvgIpc) is 3.60. The molecule has 0 aliphatic heterocycles. The molecule has 1 fully saturated rings. The lowest BCUT2D eigenvalue weighted by atomic mass is 10.1. The summed E-state index contributed by atoms with van der Waals surface area (Å²) in [5.41, 5.74) is 1.14. The second-order valence-corrected chi connectivity index (χ2v) is 9.31. The predicted octanol–water partition coefficient (Wildman–Crippen LogP) is 5.72. The molecule has 0 amide bonds. The molecule has 11 heteroatoms. The average molecular weight is 539 g/mol. The maximum Gasteiger partial charge on any atom is 0.418 e. The summed E-state index contributed by atoms with van der Waals surface area (Å²) >= 11 is 6.29. The van der Waals surface area contributed by atoms with Gasteiger partial charge >= 0.3 is 6.18 Å². The Morgan fingerprint density at radius 3 is 2.50 bits per heavy atom. The fourth-order valence-corrected chi connectivity index (χ4v) is 3.86. The summed E-state index contributed by atoms with van der Waals surface area (Å²) in [7, 11) is 0. The van der Waals surface area contributed by atoms with E-state index in [1.165, 1.54) is 29.2 Å². The van der Waals surface area contributed by atoms with Gasteiger partial charge in [-0.1, -0.05) is 29.5 Å². The second-order valence-electron chi connectivity index (χ2n) is 8.90. The van der Waals surface area contributed by atoms with Gasteiger partial charge in [-0.05, 0) is 50.1 Å². The van der Waals surface area contributed by atoms with Gasteiger partial charge < -0.3 is 20.3 Å². The third-order valence-corrected chi connectivity index (χ3v) is 6.13. The minimum atomic E-state index is -4.62. The molecule has 4 aromatic rings. The molecule has 2 heterocycles. The summed E-state index contributed by atoms with van der Waals surface area (Å²) in [4.78, 5) is 12.5. The van der Waals surface area contributed by atoms with E-state index in [-0.39, 0.29) is 11.4 Å². The van der Waals surface area contributed by atoms with E-state index in [1.54, 1.807) is 37.5 Å². The first-order valence-corrected chi connectivity index (χ1v) is 12.1. The van der Waals surface area contributed by atoms with Crippen molar-refractivity contribution in [1.82, 2.24) is 19.5 Å². The molecule has 2 aromatic heterocycles. The molecular weight excluding hydrogens is 517 g/mol. The Balaban J connectivity index is 1.34. The Bertz CT molecular complexity index is 1520. The highest BCUT2D eigenvalue weighted by Crippen LogP contribution is 2.36. The molecule has 3 N–H and O–H groups in total. The van der Waals surface area contributed by atoms with Crippen LogP contribution in [0, 0.1) is 18.8 Å². The summed E-state index contributed by atoms with van der Waals surface area (Å²) in [5.74, 6) is 6.43. The van der Waals surface area contributed by atoms with Crippen molar-refractivity contribution in [2.45, 2.75) is 38.2 Å². The van der Waals surface area contributed by atoms with E-state index in [1.807, 2.05) is 0 Å². The van der Waals surface area contributed by atoms with Crippen LogP contribution >= 0.6 is 11.6 Å². The molecule has 0 bridgehead atoms. The molecule has 5 rings (SSSR count). The zero-order chi connectivity index (χ0) is 26.9. The predicted molar refractivity (Wildman–Crippen MR) is 138 cm³/mol. The number of aromatic nitrogens is 4. The van der Waals surface area contributed by atoms with Crippen LogP contribution in [0.1, 0.15) is 47.0 Å². The fourth-order valence-electron chi connectivity index (χ4n) is 3.70. The summed E-state index contributed by atoms with van der Waals surface area (Å²) in [6.07, 6.45) is 2.33. The fraction of sp³-hybridized carbons (Fsp3) is 0.222. The molecule has 194 valence electrons. The van der Waals surface area contributed by atoms with Gasteiger partial charge in [0.1, 0.15) is 0 Å². The number of aliphatic hydroxyl groups excluding tert-OH is 1. The van der Waals surface area contributed by atoms with Gasteiger partial charge in [0, 0.05) is 41.4 Å². The van der Waals surface area contributed by atoms with Crippen LogP contribution in [-0.4, -0.2) is 30.7 Å². The van der Waals surface area contributed by atoms with Gasteiger partial charge in [0.25, 0.3) is 0 Å². The Morgan fingerprint density at radius 1 is 1.08 bits per heavy atom. The first-order valence-electron chi connectivity index (χ1n) is 11.7. The monoisotopic (exact) mass is 538 g/mol. The van der Waals surface area contributed by atoms with E-state index in [4.69, 9.17) is 11.6 Å². The Hall–Kier alpha value is -4.07. The molecule has 0 radical (unpaired) electrons. The van der Waals surface area contributed by atoms with Crippen LogP contribution in [-0.2, 0) is 6.18 Å². The minimum absolute atomic E-state index is 0.0671. The quantitative estimate of drug-likeness (QED) is 0.215. The van der Waals surface area contributed by atoms with Crippen molar-refractivity contribution in [3.05, 3.63) is 94.3 Å². The van der Waals surface area contributed by atoms with Crippen molar-refractivity contribution in [2.24, 2.45) is 0 Å². The number of rotatable bonds is 6. The van der Waals surface area contributed by atoms with E-state index in [0.717, 1.165) is 18.9 Å². The topological polar surface area (TPSA) is 87.9 Å². The van der Waals surface area contributed by atoms with Crippen LogP contribution in [0.15, 0.2) is 61.3 Å². The zero-order valence-corrected chi connectivity index (χ0v) is 20.8. The first kappa shape index (κ1) is 25.6. The van der Waals surface area contributed by atoms with E-state index in [2.05, 4.69) is 37.4 Å². The molecular formula is C27H22ClF3N6O. The lowest BCUT2D eigenvalue weighted by molar-refractivity contribution is -0.137. The number of anilines is 2. The van der Waals surface area contributed by atoms with Gasteiger partial charge in [-0.15, -0.1) is 0 Å². The van der Waals surface area contributed by atoms with Gasteiger partial charge in [0.2, 0.25) is 5.95 Å². The Morgan fingerprint density at radius 2 is 1.84 bits per heavy atom. The van der Waals surface area contributed by atoms with Crippen LogP contribution in [0.5, 0.6) is 0 Å². The molecule has 0 spiro atoms. The molecule has 2 aromatic carbocycles. The number of imidazole rings is 1. The smallest absolute Gasteiger partial charge is 0.369 e. The number of aryl methyl sites for hydroxylation is 1. The van der Waals surface area contributed by atoms with Crippen LogP contribution in [0.2, 0.25) is 5.02 Å². The van der Waals surface area contributed by atoms with Gasteiger partial charge in [0.15, 0.2) is 6.23 Å². The van der Waals surface area contributed by atoms with Crippen molar-refractivity contribution in [2.75, 3.05) is 10.6 Å². The van der Waals surface area contributed by atoms with Crippen molar-refractivity contribution < 1.29 is 18.3 Å². The molecule has 1 atom stereocenters. The number of hydrogen-bond acceptors (Lipinski definition) is 6. The summed E-state index contributed by atoms with van der Waals surface area (Å²) in [6.45, 7) is 1.69. The zero-order valence-electron chi connectivity index (χ0n) is 20.1. The number of halogens is 4. The highest BCUT2D eigenvalue weighted by molar-refractivity contribution is 6.31. The number of nitrogens with one attached hydrogen (secondary N) is 2. The number of alkyl halides is 3. The highest BCUT2D eigenvalue weighted by Gasteiger charge is 2.34. The molecule has 1 unspecified atom stereocenters. The third-order valence-electron chi connectivity index (χ3n) is 5.81. The number of benzene rings is 2. The molecule has 1 aliphatic rings. The number of hydrogen-bond donors (Lipinski definition) is 3. The standard InChI is InChI=1S/C27H22ClF3N6O/c1-16-14-37(15-34-16)24-9-7-21(11-22(24)27(29,30)31)35-25(38)19-4-8-23(28)18(10-19)3-2-17-12-32-26(33-13-17)36-20-5-6-20/h4,7-15,20,25,35,38H,5-6H2,1H3,(H,32,33,36). The van der Waals surface area contributed by atoms with E-state index in [0.29, 0.717) is 39.4 Å². The maximum atomic E-state index is 13.8. The molecule has 7 nitrogen and oxygen atoms in total. The van der Waals surface area contributed by atoms with E-state index in [9.17, 15) is 18.3 Å². The number of aliphatic hydroxyl groups is 1. The molecule has 0 saturated heterocycles. The largest absolute Gasteiger partial charge is 0.418 e. The van der Waals surface area contributed by atoms with E-state index < -0.39 is 18.0 Å². The molecule has 38 heavy (non-hydrogen) atoms. The van der Waals surface area contributed by atoms with E-state index >= 15 is 0 Å².